The van der Waals surface area contributed by atoms with E-state index in [0.717, 1.165) is 18.6 Å². The maximum absolute atomic E-state index is 11.5. The van der Waals surface area contributed by atoms with Gasteiger partial charge in [0.25, 0.3) is 0 Å². The number of nitrogens with one attached hydrogen (secondary N) is 1. The van der Waals surface area contributed by atoms with Crippen molar-refractivity contribution < 1.29 is 9.90 Å². The van der Waals surface area contributed by atoms with Crippen molar-refractivity contribution in [2.45, 2.75) is 51.6 Å². The molecule has 2 aliphatic carbocycles. The van der Waals surface area contributed by atoms with Crippen LogP contribution in [0.25, 0.3) is 0 Å². The molecule has 0 aromatic rings. The van der Waals surface area contributed by atoms with Gasteiger partial charge in [0.05, 0.1) is 5.92 Å². The zero-order chi connectivity index (χ0) is 13.6. The van der Waals surface area contributed by atoms with Crippen LogP contribution in [-0.4, -0.2) is 34.7 Å². The first-order chi connectivity index (χ1) is 8.96. The van der Waals surface area contributed by atoms with Gasteiger partial charge in [-0.15, -0.1) is 0 Å². The van der Waals surface area contributed by atoms with Crippen LogP contribution in [0.15, 0.2) is 0 Å². The fraction of sp³-hybridized carbons (Fsp3) is 0.933. The molecule has 1 heterocycles. The van der Waals surface area contributed by atoms with E-state index in [1.165, 1.54) is 18.6 Å². The van der Waals surface area contributed by atoms with Crippen LogP contribution in [0.2, 0.25) is 0 Å². The summed E-state index contributed by atoms with van der Waals surface area (Å²) in [5, 5.41) is 13.2. The van der Waals surface area contributed by atoms with Gasteiger partial charge in [0.1, 0.15) is 0 Å². The van der Waals surface area contributed by atoms with Gasteiger partial charge in [0.2, 0.25) is 0 Å². The van der Waals surface area contributed by atoms with Gasteiger partial charge in [-0.2, -0.15) is 11.8 Å². The average Bonchev–Trinajstić information content (AvgIpc) is 2.87. The van der Waals surface area contributed by atoms with Gasteiger partial charge in [-0.1, -0.05) is 13.8 Å². The van der Waals surface area contributed by atoms with Crippen LogP contribution >= 0.6 is 11.8 Å². The highest BCUT2D eigenvalue weighted by Crippen LogP contribution is 2.49. The van der Waals surface area contributed by atoms with Crippen LogP contribution in [0.3, 0.4) is 0 Å². The van der Waals surface area contributed by atoms with E-state index in [9.17, 15) is 9.90 Å². The predicted molar refractivity (Wildman–Crippen MR) is 78.4 cm³/mol. The smallest absolute Gasteiger partial charge is 0.308 e. The SMILES string of the molecule is CC1(C)CSCC(NC2C3CCC(C3)C2C(=O)O)C1. The van der Waals surface area contributed by atoms with Crippen molar-refractivity contribution in [2.75, 3.05) is 11.5 Å². The molecule has 108 valence electrons. The topological polar surface area (TPSA) is 49.3 Å². The Balaban J connectivity index is 1.67. The molecule has 0 aromatic heterocycles. The van der Waals surface area contributed by atoms with E-state index in [-0.39, 0.29) is 12.0 Å². The first-order valence-corrected chi connectivity index (χ1v) is 8.68. The number of aliphatic carboxylic acids is 1. The number of carbonyl (C=O) groups is 1. The molecule has 3 rings (SSSR count). The number of thioether (sulfide) groups is 1. The van der Waals surface area contributed by atoms with E-state index in [1.807, 2.05) is 11.8 Å². The lowest BCUT2D eigenvalue weighted by Gasteiger charge is -2.39. The van der Waals surface area contributed by atoms with Crippen LogP contribution in [0, 0.1) is 23.2 Å². The van der Waals surface area contributed by atoms with Crippen molar-refractivity contribution in [3.8, 4) is 0 Å². The van der Waals surface area contributed by atoms with Crippen LogP contribution in [0.4, 0.5) is 0 Å². The maximum atomic E-state index is 11.5. The van der Waals surface area contributed by atoms with Gasteiger partial charge in [-0.25, -0.2) is 0 Å². The largest absolute Gasteiger partial charge is 0.481 e. The lowest BCUT2D eigenvalue weighted by Crippen LogP contribution is -2.51. The van der Waals surface area contributed by atoms with Crippen LogP contribution in [-0.2, 0) is 4.79 Å². The molecule has 1 aliphatic heterocycles. The van der Waals surface area contributed by atoms with E-state index in [0.29, 0.717) is 23.3 Å². The summed E-state index contributed by atoms with van der Waals surface area (Å²) >= 11 is 2.01. The van der Waals surface area contributed by atoms with E-state index < -0.39 is 5.97 Å². The molecule has 4 heteroatoms. The molecule has 0 radical (unpaired) electrons. The molecule has 5 unspecified atom stereocenters. The van der Waals surface area contributed by atoms with Crippen molar-refractivity contribution in [1.29, 1.82) is 0 Å². The molecule has 2 N–H and O–H groups in total. The summed E-state index contributed by atoms with van der Waals surface area (Å²) < 4.78 is 0. The zero-order valence-corrected chi connectivity index (χ0v) is 12.7. The summed E-state index contributed by atoms with van der Waals surface area (Å²) in [5.41, 5.74) is 0.386. The molecule has 2 saturated carbocycles. The molecule has 1 saturated heterocycles. The highest BCUT2D eigenvalue weighted by molar-refractivity contribution is 7.99. The molecule has 2 bridgehead atoms. The highest BCUT2D eigenvalue weighted by atomic mass is 32.2. The van der Waals surface area contributed by atoms with Crippen molar-refractivity contribution in [3.05, 3.63) is 0 Å². The van der Waals surface area contributed by atoms with Crippen molar-refractivity contribution in [3.63, 3.8) is 0 Å². The Bertz CT molecular complexity index is 371. The number of rotatable bonds is 3. The molecule has 19 heavy (non-hydrogen) atoms. The van der Waals surface area contributed by atoms with E-state index >= 15 is 0 Å². The Kier molecular flexibility index (Phi) is 3.59. The molecule has 3 fully saturated rings. The number of carboxylic acids is 1. The third kappa shape index (κ3) is 2.66. The van der Waals surface area contributed by atoms with E-state index in [1.54, 1.807) is 0 Å². The van der Waals surface area contributed by atoms with Gasteiger partial charge >= 0.3 is 5.97 Å². The number of fused-ring (bicyclic) bond motifs is 2. The Morgan fingerprint density at radius 1 is 1.32 bits per heavy atom. The Morgan fingerprint density at radius 2 is 2.05 bits per heavy atom. The van der Waals surface area contributed by atoms with Crippen LogP contribution in [0.1, 0.15) is 39.5 Å². The van der Waals surface area contributed by atoms with Gasteiger partial charge in [0.15, 0.2) is 0 Å². The van der Waals surface area contributed by atoms with Gasteiger partial charge in [-0.3, -0.25) is 4.79 Å². The second kappa shape index (κ2) is 4.96. The first kappa shape index (κ1) is 13.7. The van der Waals surface area contributed by atoms with Crippen molar-refractivity contribution in [1.82, 2.24) is 5.32 Å². The summed E-state index contributed by atoms with van der Waals surface area (Å²) in [6, 6.07) is 0.732. The summed E-state index contributed by atoms with van der Waals surface area (Å²) in [4.78, 5) is 11.5. The summed E-state index contributed by atoms with van der Waals surface area (Å²) in [6.07, 6.45) is 4.68. The molecular formula is C15H25NO2S. The van der Waals surface area contributed by atoms with Gasteiger partial charge in [0, 0.05) is 17.8 Å². The second-order valence-electron chi connectivity index (χ2n) is 7.47. The minimum absolute atomic E-state index is 0.131. The molecular weight excluding hydrogens is 258 g/mol. The lowest BCUT2D eigenvalue weighted by molar-refractivity contribution is -0.144. The number of hydrogen-bond acceptors (Lipinski definition) is 3. The lowest BCUT2D eigenvalue weighted by atomic mass is 9.82. The maximum Gasteiger partial charge on any atom is 0.308 e. The predicted octanol–water partition coefficient (Wildman–Crippen LogP) is 2.61. The highest BCUT2D eigenvalue weighted by Gasteiger charge is 2.51. The minimum Gasteiger partial charge on any atom is -0.481 e. The molecule has 0 aromatic carbocycles. The van der Waals surface area contributed by atoms with E-state index in [2.05, 4.69) is 19.2 Å². The Hall–Kier alpha value is -0.220. The summed E-state index contributed by atoms with van der Waals surface area (Å²) in [6.45, 7) is 4.65. The van der Waals surface area contributed by atoms with Crippen molar-refractivity contribution >= 4 is 17.7 Å². The van der Waals surface area contributed by atoms with Gasteiger partial charge < -0.3 is 10.4 Å². The molecule has 0 spiro atoms. The van der Waals surface area contributed by atoms with Crippen LogP contribution in [0.5, 0.6) is 0 Å². The minimum atomic E-state index is -0.576. The Labute approximate surface area is 119 Å². The molecule has 5 atom stereocenters. The third-order valence-electron chi connectivity index (χ3n) is 5.24. The quantitative estimate of drug-likeness (QED) is 0.836. The third-order valence-corrected chi connectivity index (χ3v) is 6.86. The normalized spacial score (nSPS) is 44.4. The zero-order valence-electron chi connectivity index (χ0n) is 11.9. The molecule has 3 aliphatic rings. The monoisotopic (exact) mass is 283 g/mol. The average molecular weight is 283 g/mol. The number of carboxylic acid groups (broad SMARTS) is 1. The summed E-state index contributed by atoms with van der Waals surface area (Å²) in [7, 11) is 0. The first-order valence-electron chi connectivity index (χ1n) is 7.53. The van der Waals surface area contributed by atoms with Crippen LogP contribution < -0.4 is 5.32 Å². The number of hydrogen-bond donors (Lipinski definition) is 2. The summed E-state index contributed by atoms with van der Waals surface area (Å²) in [5.74, 6) is 2.71. The van der Waals surface area contributed by atoms with Gasteiger partial charge in [-0.05, 0) is 48.7 Å². The fourth-order valence-electron chi connectivity index (χ4n) is 4.53. The van der Waals surface area contributed by atoms with Crippen molar-refractivity contribution in [2.24, 2.45) is 23.2 Å². The second-order valence-corrected chi connectivity index (χ2v) is 8.50. The fourth-order valence-corrected chi connectivity index (χ4v) is 5.81. The van der Waals surface area contributed by atoms with E-state index in [4.69, 9.17) is 0 Å². The molecule has 0 amide bonds. The Morgan fingerprint density at radius 3 is 2.74 bits per heavy atom. The molecule has 3 nitrogen and oxygen atoms in total. The standard InChI is InChI=1S/C15H25NO2S/c1-15(2)6-11(7-19-8-15)16-13-10-4-3-9(5-10)12(13)14(17)18/h9-13,16H,3-8H2,1-2H3,(H,17,18).